The van der Waals surface area contributed by atoms with E-state index in [9.17, 15) is 0 Å². The Morgan fingerprint density at radius 1 is 1.10 bits per heavy atom. The largest absolute Gasteiger partial charge is 0.375 e. The second-order valence-corrected chi connectivity index (χ2v) is 6.84. The van der Waals surface area contributed by atoms with Gasteiger partial charge in [0, 0.05) is 51.9 Å². The molecule has 1 aromatic heterocycles. The summed E-state index contributed by atoms with van der Waals surface area (Å²) < 4.78 is 2.09. The van der Waals surface area contributed by atoms with E-state index < -0.39 is 0 Å². The molecule has 2 aromatic rings. The molecule has 0 spiro atoms. The van der Waals surface area contributed by atoms with Gasteiger partial charge in [-0.05, 0) is 25.0 Å². The van der Waals surface area contributed by atoms with Gasteiger partial charge in [0.1, 0.15) is 12.2 Å². The van der Waals surface area contributed by atoms with Crippen molar-refractivity contribution in [2.24, 2.45) is 4.99 Å². The van der Waals surface area contributed by atoms with Crippen LogP contribution in [0.15, 0.2) is 41.7 Å². The van der Waals surface area contributed by atoms with Crippen LogP contribution in [0.25, 0.3) is 0 Å². The van der Waals surface area contributed by atoms with Crippen molar-refractivity contribution in [2.45, 2.75) is 46.1 Å². The molecule has 1 heterocycles. The van der Waals surface area contributed by atoms with E-state index in [-0.39, 0.29) is 24.0 Å². The Bertz CT molecular complexity index is 687. The van der Waals surface area contributed by atoms with Crippen molar-refractivity contribution >= 4 is 35.6 Å². The number of guanidine groups is 1. The highest BCUT2D eigenvalue weighted by molar-refractivity contribution is 14.0. The van der Waals surface area contributed by atoms with E-state index in [2.05, 4.69) is 75.5 Å². The molecule has 29 heavy (non-hydrogen) atoms. The van der Waals surface area contributed by atoms with Crippen molar-refractivity contribution in [3.8, 4) is 0 Å². The van der Waals surface area contributed by atoms with Gasteiger partial charge in [0.25, 0.3) is 0 Å². The summed E-state index contributed by atoms with van der Waals surface area (Å²) in [4.78, 5) is 7.02. The van der Waals surface area contributed by atoms with Crippen molar-refractivity contribution in [3.05, 3.63) is 42.5 Å². The molecule has 0 aliphatic rings. The molecule has 0 atom stereocenters. The summed E-state index contributed by atoms with van der Waals surface area (Å²) in [6, 6.07) is 10.5. The third kappa shape index (κ3) is 9.47. The SMILES string of the molecule is CCCCNC(=NCCCN(C)c1ccccc1)NCCn1cnnc1CC.I. The van der Waals surface area contributed by atoms with Gasteiger partial charge in [-0.1, -0.05) is 38.5 Å². The minimum atomic E-state index is 0. The van der Waals surface area contributed by atoms with Gasteiger partial charge in [-0.15, -0.1) is 34.2 Å². The molecule has 1 aromatic carbocycles. The molecule has 2 rings (SSSR count). The molecular weight excluding hydrogens is 477 g/mol. The molecule has 0 fully saturated rings. The number of halogens is 1. The van der Waals surface area contributed by atoms with E-state index in [0.717, 1.165) is 63.8 Å². The summed E-state index contributed by atoms with van der Waals surface area (Å²) in [5.74, 6) is 1.91. The van der Waals surface area contributed by atoms with Gasteiger partial charge in [-0.3, -0.25) is 4.99 Å². The molecule has 2 N–H and O–H groups in total. The van der Waals surface area contributed by atoms with Gasteiger partial charge >= 0.3 is 0 Å². The highest BCUT2D eigenvalue weighted by Gasteiger charge is 2.03. The number of benzene rings is 1. The maximum absolute atomic E-state index is 4.75. The van der Waals surface area contributed by atoms with Crippen LogP contribution in [0.3, 0.4) is 0 Å². The van der Waals surface area contributed by atoms with Crippen molar-refractivity contribution in [1.82, 2.24) is 25.4 Å². The van der Waals surface area contributed by atoms with E-state index in [1.807, 2.05) is 6.07 Å². The molecule has 0 aliphatic heterocycles. The predicted molar refractivity (Wildman–Crippen MR) is 132 cm³/mol. The lowest BCUT2D eigenvalue weighted by atomic mass is 10.3. The van der Waals surface area contributed by atoms with E-state index >= 15 is 0 Å². The van der Waals surface area contributed by atoms with Gasteiger partial charge in [0.15, 0.2) is 5.96 Å². The smallest absolute Gasteiger partial charge is 0.191 e. The van der Waals surface area contributed by atoms with Crippen molar-refractivity contribution in [1.29, 1.82) is 0 Å². The van der Waals surface area contributed by atoms with Crippen LogP contribution in [0.4, 0.5) is 5.69 Å². The van der Waals surface area contributed by atoms with Gasteiger partial charge in [-0.25, -0.2) is 0 Å². The number of unbranched alkanes of at least 4 members (excludes halogenated alkanes) is 1. The summed E-state index contributed by atoms with van der Waals surface area (Å²) in [5.41, 5.74) is 1.24. The Hall–Kier alpha value is -1.84. The van der Waals surface area contributed by atoms with Crippen LogP contribution < -0.4 is 15.5 Å². The Labute approximate surface area is 192 Å². The molecule has 0 unspecified atom stereocenters. The molecule has 0 saturated carbocycles. The van der Waals surface area contributed by atoms with Crippen LogP contribution >= 0.6 is 24.0 Å². The summed E-state index contributed by atoms with van der Waals surface area (Å²) >= 11 is 0. The van der Waals surface area contributed by atoms with Crippen molar-refractivity contribution in [3.63, 3.8) is 0 Å². The number of para-hydroxylation sites is 1. The monoisotopic (exact) mass is 513 g/mol. The fourth-order valence-electron chi connectivity index (χ4n) is 2.90. The first kappa shape index (κ1) is 25.2. The number of aryl methyl sites for hydroxylation is 1. The highest BCUT2D eigenvalue weighted by Crippen LogP contribution is 2.10. The third-order valence-corrected chi connectivity index (χ3v) is 4.60. The summed E-state index contributed by atoms with van der Waals surface area (Å²) in [7, 11) is 2.13. The first-order valence-electron chi connectivity index (χ1n) is 10.4. The first-order valence-corrected chi connectivity index (χ1v) is 10.4. The molecule has 0 amide bonds. The van der Waals surface area contributed by atoms with E-state index in [1.165, 1.54) is 12.1 Å². The molecule has 8 heteroatoms. The van der Waals surface area contributed by atoms with E-state index in [0.29, 0.717) is 0 Å². The Morgan fingerprint density at radius 2 is 1.86 bits per heavy atom. The van der Waals surface area contributed by atoms with Gasteiger partial charge < -0.3 is 20.1 Å². The van der Waals surface area contributed by atoms with Crippen LogP contribution in [-0.2, 0) is 13.0 Å². The average molecular weight is 513 g/mol. The van der Waals surface area contributed by atoms with Gasteiger partial charge in [0.2, 0.25) is 0 Å². The summed E-state index contributed by atoms with van der Waals surface area (Å²) in [6.45, 7) is 8.65. The summed E-state index contributed by atoms with van der Waals surface area (Å²) in [6.07, 6.45) is 6.01. The predicted octanol–water partition coefficient (Wildman–Crippen LogP) is 3.32. The minimum absolute atomic E-state index is 0. The second-order valence-electron chi connectivity index (χ2n) is 6.84. The molecule has 7 nitrogen and oxygen atoms in total. The number of nitrogens with one attached hydrogen (secondary N) is 2. The molecule has 0 bridgehead atoms. The Morgan fingerprint density at radius 3 is 2.59 bits per heavy atom. The number of anilines is 1. The summed E-state index contributed by atoms with van der Waals surface area (Å²) in [5, 5.41) is 15.0. The first-order chi connectivity index (χ1) is 13.7. The third-order valence-electron chi connectivity index (χ3n) is 4.60. The van der Waals surface area contributed by atoms with Crippen LogP contribution in [0.5, 0.6) is 0 Å². The molecule has 0 radical (unpaired) electrons. The molecule has 0 saturated heterocycles. The number of rotatable bonds is 12. The number of nitrogens with zero attached hydrogens (tertiary/aromatic N) is 5. The molecule has 162 valence electrons. The maximum atomic E-state index is 4.75. The number of aliphatic imine (C=N–C) groups is 1. The quantitative estimate of drug-likeness (QED) is 0.197. The lowest BCUT2D eigenvalue weighted by Crippen LogP contribution is -2.39. The van der Waals surface area contributed by atoms with Gasteiger partial charge in [0.05, 0.1) is 0 Å². The Kier molecular flexibility index (Phi) is 13.1. The topological polar surface area (TPSA) is 70.4 Å². The van der Waals surface area contributed by atoms with Crippen LogP contribution in [-0.4, -0.2) is 54.0 Å². The lowest BCUT2D eigenvalue weighted by molar-refractivity contribution is 0.628. The number of hydrogen-bond donors (Lipinski definition) is 2. The maximum Gasteiger partial charge on any atom is 0.191 e. The normalized spacial score (nSPS) is 11.1. The lowest BCUT2D eigenvalue weighted by Gasteiger charge is -2.18. The average Bonchev–Trinajstić information content (AvgIpc) is 3.19. The van der Waals surface area contributed by atoms with E-state index in [4.69, 9.17) is 4.99 Å². The van der Waals surface area contributed by atoms with E-state index in [1.54, 1.807) is 6.33 Å². The van der Waals surface area contributed by atoms with Crippen molar-refractivity contribution in [2.75, 3.05) is 38.1 Å². The zero-order valence-electron chi connectivity index (χ0n) is 18.0. The molecule has 0 aliphatic carbocycles. The fraction of sp³-hybridized carbons (Fsp3) is 0.571. The fourth-order valence-corrected chi connectivity index (χ4v) is 2.90. The highest BCUT2D eigenvalue weighted by atomic mass is 127. The molecular formula is C21H36IN7. The minimum Gasteiger partial charge on any atom is -0.375 e. The number of aromatic nitrogens is 3. The Balaban J connectivity index is 0.00000420. The zero-order valence-corrected chi connectivity index (χ0v) is 20.3. The van der Waals surface area contributed by atoms with Crippen LogP contribution in [0, 0.1) is 0 Å². The van der Waals surface area contributed by atoms with Crippen LogP contribution in [0.2, 0.25) is 0 Å². The number of hydrogen-bond acceptors (Lipinski definition) is 4. The van der Waals surface area contributed by atoms with Crippen molar-refractivity contribution < 1.29 is 0 Å². The van der Waals surface area contributed by atoms with Gasteiger partial charge in [-0.2, -0.15) is 0 Å². The second kappa shape index (κ2) is 15.1. The van der Waals surface area contributed by atoms with Crippen LogP contribution in [0.1, 0.15) is 38.9 Å². The standard InChI is InChI=1S/C21H35N7.HI/c1-4-6-13-22-21(24-15-17-28-18-25-26-20(28)5-2)23-14-10-16-27(3)19-11-8-7-9-12-19;/h7-9,11-12,18H,4-6,10,13-17H2,1-3H3,(H2,22,23,24);1H. The zero-order chi connectivity index (χ0) is 20.0.